The van der Waals surface area contributed by atoms with Crippen LogP contribution in [-0.4, -0.2) is 9.13 Å². The van der Waals surface area contributed by atoms with Gasteiger partial charge in [0.1, 0.15) is 6.07 Å². The molecule has 0 saturated carbocycles. The van der Waals surface area contributed by atoms with Crippen LogP contribution in [-0.2, 0) is 0 Å². The monoisotopic (exact) mass is 1000 g/mol. The molecule has 0 aliphatic carbocycles. The summed E-state index contributed by atoms with van der Waals surface area (Å²) in [6.07, 6.45) is 0. The molecule has 0 radical (unpaired) electrons. The fraction of sp³-hybridized carbons (Fsp3) is 0. The molecule has 0 saturated heterocycles. The van der Waals surface area contributed by atoms with E-state index in [1.165, 1.54) is 35.6 Å². The molecule has 11 aromatic carbocycles. The highest BCUT2D eigenvalue weighted by Crippen LogP contribution is 2.56. The highest BCUT2D eigenvalue weighted by atomic mass is 32.1. The number of nitrogens with zero attached hydrogens (tertiary/aromatic N) is 4. The van der Waals surface area contributed by atoms with Crippen molar-refractivity contribution in [2.24, 2.45) is 0 Å². The van der Waals surface area contributed by atoms with Crippen LogP contribution in [0.3, 0.4) is 0 Å². The van der Waals surface area contributed by atoms with Gasteiger partial charge >= 0.3 is 0 Å². The summed E-state index contributed by atoms with van der Waals surface area (Å²) in [5, 5.41) is 23.9. The Labute approximate surface area is 441 Å². The number of hydrogen-bond acceptors (Lipinski definition) is 4. The normalized spacial score (nSPS) is 12.0. The molecule has 0 bridgehead atoms. The van der Waals surface area contributed by atoms with Gasteiger partial charge in [-0.2, -0.15) is 5.26 Å². The third-order valence-electron chi connectivity index (χ3n) is 15.4. The predicted octanol–water partition coefficient (Wildman–Crippen LogP) is 20.4. The van der Waals surface area contributed by atoms with Gasteiger partial charge in [0.2, 0.25) is 5.69 Å². The summed E-state index contributed by atoms with van der Waals surface area (Å²) < 4.78 is 11.7. The Morgan fingerprint density at radius 1 is 0.387 bits per heavy atom. The van der Waals surface area contributed by atoms with Gasteiger partial charge in [0.25, 0.3) is 0 Å². The molecule has 0 N–H and O–H groups in total. The van der Waals surface area contributed by atoms with Gasteiger partial charge in [-0.25, -0.2) is 4.85 Å². The Balaban J connectivity index is 1.19. The predicted molar refractivity (Wildman–Crippen MR) is 321 cm³/mol. The maximum Gasteiger partial charge on any atom is 0.221 e. The molecule has 0 atom stereocenters. The Morgan fingerprint density at radius 3 is 1.36 bits per heavy atom. The van der Waals surface area contributed by atoms with Crippen molar-refractivity contribution in [1.29, 1.82) is 5.26 Å². The smallest absolute Gasteiger partial charge is 0.221 e. The number of fused-ring (bicyclic) bond motifs is 18. The molecule has 75 heavy (non-hydrogen) atoms. The molecular formula is C68H36N4S3. The number of benzene rings is 11. The van der Waals surface area contributed by atoms with E-state index >= 15 is 0 Å². The van der Waals surface area contributed by atoms with Crippen LogP contribution in [0.1, 0.15) is 5.56 Å². The van der Waals surface area contributed by atoms with Gasteiger partial charge in [0.15, 0.2) is 0 Å². The van der Waals surface area contributed by atoms with Crippen molar-refractivity contribution in [2.45, 2.75) is 0 Å². The van der Waals surface area contributed by atoms with Crippen molar-refractivity contribution < 1.29 is 0 Å². The Morgan fingerprint density at radius 2 is 0.827 bits per heavy atom. The summed E-state index contributed by atoms with van der Waals surface area (Å²) in [5.41, 5.74) is 11.8. The Bertz CT molecular complexity index is 4990. The fourth-order valence-corrected chi connectivity index (χ4v) is 16.0. The fourth-order valence-electron chi connectivity index (χ4n) is 12.3. The quantitative estimate of drug-likeness (QED) is 0.158. The number of para-hydroxylation sites is 1. The van der Waals surface area contributed by atoms with Gasteiger partial charge in [0, 0.05) is 79.1 Å². The van der Waals surface area contributed by atoms with Crippen LogP contribution in [0.15, 0.2) is 218 Å². The standard InChI is InChI=1S/C68H36N4S3/c1-70-60-58(41-23-9-4-10-24-41)64(71-53-29-15-11-28-49(53)59-50(39-19-5-2-6-20-39)37-51-44-27-14-18-32-56(44)75-68(51)65(59)71)57(40-21-7-3-8-22-40)52(38-69)61(60)72-62-45(33-35-47-42-25-12-16-30-54(42)73-66(47)62)46-34-36-48-43-26-13-17-31-55(43)74-67(48)63(46)72/h2-37H. The van der Waals surface area contributed by atoms with Crippen LogP contribution in [0, 0.1) is 17.9 Å². The number of aromatic nitrogens is 2. The number of rotatable bonds is 5. The lowest BCUT2D eigenvalue weighted by Crippen LogP contribution is -2.08. The third-order valence-corrected chi connectivity index (χ3v) is 18.9. The van der Waals surface area contributed by atoms with E-state index in [1.807, 2.05) is 12.1 Å². The van der Waals surface area contributed by atoms with Crippen molar-refractivity contribution in [1.82, 2.24) is 9.13 Å². The molecule has 0 fully saturated rings. The summed E-state index contributed by atoms with van der Waals surface area (Å²) in [5.74, 6) is 0. The Kier molecular flexibility index (Phi) is 9.05. The molecule has 346 valence electrons. The maximum atomic E-state index is 12.5. The van der Waals surface area contributed by atoms with Crippen LogP contribution >= 0.6 is 34.0 Å². The lowest BCUT2D eigenvalue weighted by Gasteiger charge is -2.26. The van der Waals surface area contributed by atoms with Gasteiger partial charge in [-0.05, 0) is 52.6 Å². The topological polar surface area (TPSA) is 38.0 Å². The van der Waals surface area contributed by atoms with E-state index < -0.39 is 0 Å². The van der Waals surface area contributed by atoms with Crippen LogP contribution in [0.5, 0.6) is 0 Å². The molecular weight excluding hydrogens is 969 g/mol. The van der Waals surface area contributed by atoms with Crippen molar-refractivity contribution in [3.63, 3.8) is 0 Å². The zero-order valence-corrected chi connectivity index (χ0v) is 42.2. The second-order valence-corrected chi connectivity index (χ2v) is 22.3. The van der Waals surface area contributed by atoms with Crippen molar-refractivity contribution in [2.75, 3.05) is 0 Å². The zero-order chi connectivity index (χ0) is 49.5. The van der Waals surface area contributed by atoms with Gasteiger partial charge < -0.3 is 9.13 Å². The zero-order valence-electron chi connectivity index (χ0n) is 39.8. The van der Waals surface area contributed by atoms with Gasteiger partial charge in [0.05, 0.1) is 59.7 Å². The first-order valence-corrected chi connectivity index (χ1v) is 27.4. The lowest BCUT2D eigenvalue weighted by molar-refractivity contribution is 1.15. The largest absolute Gasteiger partial charge is 0.315 e. The molecule has 5 heterocycles. The Hall–Kier alpha value is -9.34. The molecule has 0 amide bonds. The summed E-state index contributed by atoms with van der Waals surface area (Å²) in [4.78, 5) is 4.77. The van der Waals surface area contributed by atoms with E-state index in [2.05, 4.69) is 221 Å². The SMILES string of the molecule is [C-]#[N+]c1c(-c2ccccc2)c(-n2c3ccccc3c3c(-c4ccccc4)cc4c5ccccc5sc4c32)c(-c2ccccc2)c(C#N)c1-n1c2c(ccc3c4ccccc4sc32)c2ccc3c4ccccc4sc3c21. The molecule has 0 spiro atoms. The second-order valence-electron chi connectivity index (χ2n) is 19.2. The van der Waals surface area contributed by atoms with Crippen molar-refractivity contribution in [3.8, 4) is 50.8 Å². The first kappa shape index (κ1) is 42.2. The molecule has 4 nitrogen and oxygen atoms in total. The summed E-state index contributed by atoms with van der Waals surface area (Å²) >= 11 is 5.36. The minimum Gasteiger partial charge on any atom is -0.315 e. The highest BCUT2D eigenvalue weighted by Gasteiger charge is 2.34. The van der Waals surface area contributed by atoms with E-state index in [0.717, 1.165) is 108 Å². The summed E-state index contributed by atoms with van der Waals surface area (Å²) in [6, 6.07) is 80.6. The van der Waals surface area contributed by atoms with Gasteiger partial charge in [-0.15, -0.1) is 34.0 Å². The highest BCUT2D eigenvalue weighted by molar-refractivity contribution is 7.27. The van der Waals surface area contributed by atoms with E-state index in [0.29, 0.717) is 16.9 Å². The molecule has 5 aromatic heterocycles. The molecule has 16 aromatic rings. The summed E-state index contributed by atoms with van der Waals surface area (Å²) in [7, 11) is 0. The van der Waals surface area contributed by atoms with E-state index in [-0.39, 0.29) is 0 Å². The van der Waals surface area contributed by atoms with E-state index in [4.69, 9.17) is 4.85 Å². The van der Waals surface area contributed by atoms with Crippen molar-refractivity contribution in [3.05, 3.63) is 235 Å². The first-order chi connectivity index (χ1) is 37.2. The first-order valence-electron chi connectivity index (χ1n) is 24.9. The average Bonchev–Trinajstić information content (AvgIpc) is 4.31. The minimum atomic E-state index is 0.417. The summed E-state index contributed by atoms with van der Waals surface area (Å²) in [6.45, 7) is 9.74. The maximum absolute atomic E-state index is 12.5. The average molecular weight is 1010 g/mol. The van der Waals surface area contributed by atoms with Gasteiger partial charge in [-0.1, -0.05) is 188 Å². The van der Waals surface area contributed by atoms with Crippen molar-refractivity contribution >= 4 is 144 Å². The third kappa shape index (κ3) is 5.83. The molecule has 7 heteroatoms. The number of thiophene rings is 3. The van der Waals surface area contributed by atoms with Crippen LogP contribution in [0.25, 0.3) is 154 Å². The second kappa shape index (κ2) is 16.1. The van der Waals surface area contributed by atoms with Crippen LogP contribution < -0.4 is 0 Å². The molecule has 16 rings (SSSR count). The minimum absolute atomic E-state index is 0.417. The number of nitriles is 1. The van der Waals surface area contributed by atoms with Gasteiger partial charge in [-0.3, -0.25) is 0 Å². The molecule has 0 aliphatic rings. The van der Waals surface area contributed by atoms with E-state index in [9.17, 15) is 11.8 Å². The van der Waals surface area contributed by atoms with Crippen LogP contribution in [0.4, 0.5) is 5.69 Å². The molecule has 0 aliphatic heterocycles. The van der Waals surface area contributed by atoms with Crippen LogP contribution in [0.2, 0.25) is 0 Å². The number of hydrogen-bond donors (Lipinski definition) is 0. The molecule has 0 unspecified atom stereocenters. The van der Waals surface area contributed by atoms with E-state index in [1.54, 1.807) is 34.0 Å². The lowest BCUT2D eigenvalue weighted by atomic mass is 9.88.